The molecule has 1 aliphatic carbocycles. The van der Waals surface area contributed by atoms with Gasteiger partial charge in [-0.1, -0.05) is 12.1 Å². The number of carbonyl (C=O) groups excluding carboxylic acids is 1. The predicted molar refractivity (Wildman–Crippen MR) is 82.2 cm³/mol. The monoisotopic (exact) mass is 275 g/mol. The standard InChI is InChI=1S/C16H25N3O/c1-12(2)19(10-9-16(20)18-15-7-8-15)11-13-3-5-14(17)6-4-13/h3-6,12,15H,7-11,17H2,1-2H3,(H,18,20). The maximum atomic E-state index is 11.8. The van der Waals surface area contributed by atoms with Crippen LogP contribution in [-0.4, -0.2) is 29.4 Å². The molecule has 20 heavy (non-hydrogen) atoms. The van der Waals surface area contributed by atoms with Crippen LogP contribution >= 0.6 is 0 Å². The Hall–Kier alpha value is -1.55. The normalized spacial score (nSPS) is 14.8. The fraction of sp³-hybridized carbons (Fsp3) is 0.562. The van der Waals surface area contributed by atoms with Gasteiger partial charge in [-0.15, -0.1) is 0 Å². The summed E-state index contributed by atoms with van der Waals surface area (Å²) < 4.78 is 0. The molecule has 0 unspecified atom stereocenters. The molecule has 2 rings (SSSR count). The van der Waals surface area contributed by atoms with Crippen LogP contribution in [0.3, 0.4) is 0 Å². The van der Waals surface area contributed by atoms with Crippen molar-refractivity contribution in [3.8, 4) is 0 Å². The van der Waals surface area contributed by atoms with Crippen molar-refractivity contribution < 1.29 is 4.79 Å². The van der Waals surface area contributed by atoms with Gasteiger partial charge in [0.1, 0.15) is 0 Å². The molecule has 0 aromatic heterocycles. The number of nitrogens with two attached hydrogens (primary N) is 1. The zero-order valence-electron chi connectivity index (χ0n) is 12.4. The van der Waals surface area contributed by atoms with Crippen LogP contribution in [0.5, 0.6) is 0 Å². The van der Waals surface area contributed by atoms with Crippen LogP contribution in [0, 0.1) is 0 Å². The quantitative estimate of drug-likeness (QED) is 0.750. The first-order chi connectivity index (χ1) is 9.54. The minimum Gasteiger partial charge on any atom is -0.399 e. The minimum atomic E-state index is 0.176. The Morgan fingerprint density at radius 3 is 2.55 bits per heavy atom. The van der Waals surface area contributed by atoms with Crippen molar-refractivity contribution in [2.45, 2.75) is 51.7 Å². The van der Waals surface area contributed by atoms with E-state index in [1.165, 1.54) is 5.56 Å². The fourth-order valence-corrected chi connectivity index (χ4v) is 2.15. The third kappa shape index (κ3) is 4.85. The average Bonchev–Trinajstić information content (AvgIpc) is 3.20. The summed E-state index contributed by atoms with van der Waals surface area (Å²) in [5.41, 5.74) is 7.72. The van der Waals surface area contributed by atoms with Gasteiger partial charge in [0.05, 0.1) is 0 Å². The summed E-state index contributed by atoms with van der Waals surface area (Å²) in [5, 5.41) is 3.04. The molecule has 0 saturated heterocycles. The van der Waals surface area contributed by atoms with Gasteiger partial charge in [-0.05, 0) is 44.4 Å². The molecule has 3 N–H and O–H groups in total. The summed E-state index contributed by atoms with van der Waals surface area (Å²) in [6.07, 6.45) is 2.86. The van der Waals surface area contributed by atoms with E-state index in [4.69, 9.17) is 5.73 Å². The third-order valence-electron chi connectivity index (χ3n) is 3.66. The van der Waals surface area contributed by atoms with E-state index in [-0.39, 0.29) is 5.91 Å². The molecular formula is C16H25N3O. The first kappa shape index (κ1) is 14.9. The lowest BCUT2D eigenvalue weighted by Crippen LogP contribution is -2.35. The van der Waals surface area contributed by atoms with Crippen LogP contribution in [-0.2, 0) is 11.3 Å². The van der Waals surface area contributed by atoms with E-state index in [0.29, 0.717) is 18.5 Å². The molecule has 4 nitrogen and oxygen atoms in total. The minimum absolute atomic E-state index is 0.176. The van der Waals surface area contributed by atoms with Gasteiger partial charge < -0.3 is 11.1 Å². The highest BCUT2D eigenvalue weighted by Crippen LogP contribution is 2.18. The number of nitrogens with zero attached hydrogens (tertiary/aromatic N) is 1. The van der Waals surface area contributed by atoms with E-state index in [9.17, 15) is 4.79 Å². The molecule has 1 aromatic carbocycles. The molecule has 110 valence electrons. The number of nitrogens with one attached hydrogen (secondary N) is 1. The number of amides is 1. The number of benzene rings is 1. The highest BCUT2D eigenvalue weighted by molar-refractivity contribution is 5.76. The Kier molecular flexibility index (Phi) is 5.01. The summed E-state index contributed by atoms with van der Waals surface area (Å²) in [4.78, 5) is 14.1. The van der Waals surface area contributed by atoms with Crippen molar-refractivity contribution in [3.63, 3.8) is 0 Å². The molecule has 4 heteroatoms. The lowest BCUT2D eigenvalue weighted by atomic mass is 10.1. The summed E-state index contributed by atoms with van der Waals surface area (Å²) in [5.74, 6) is 0.176. The molecule has 0 heterocycles. The van der Waals surface area contributed by atoms with Crippen LogP contribution in [0.1, 0.15) is 38.7 Å². The molecule has 0 bridgehead atoms. The maximum Gasteiger partial charge on any atom is 0.221 e. The topological polar surface area (TPSA) is 58.4 Å². The summed E-state index contributed by atoms with van der Waals surface area (Å²) in [6.45, 7) is 5.97. The zero-order valence-corrected chi connectivity index (χ0v) is 12.4. The van der Waals surface area contributed by atoms with Gasteiger partial charge in [0.2, 0.25) is 5.91 Å². The number of hydrogen-bond acceptors (Lipinski definition) is 3. The van der Waals surface area contributed by atoms with Gasteiger partial charge in [-0.25, -0.2) is 0 Å². The molecule has 0 spiro atoms. The summed E-state index contributed by atoms with van der Waals surface area (Å²) in [7, 11) is 0. The Balaban J connectivity index is 1.82. The van der Waals surface area contributed by atoms with Gasteiger partial charge in [0.25, 0.3) is 0 Å². The van der Waals surface area contributed by atoms with Gasteiger partial charge in [0, 0.05) is 37.3 Å². The Morgan fingerprint density at radius 2 is 2.00 bits per heavy atom. The fourth-order valence-electron chi connectivity index (χ4n) is 2.15. The zero-order chi connectivity index (χ0) is 14.5. The second-order valence-corrected chi connectivity index (χ2v) is 5.90. The number of rotatable bonds is 7. The van der Waals surface area contributed by atoms with Crippen LogP contribution in [0.15, 0.2) is 24.3 Å². The van der Waals surface area contributed by atoms with Crippen molar-refractivity contribution in [2.24, 2.45) is 0 Å². The highest BCUT2D eigenvalue weighted by atomic mass is 16.1. The smallest absolute Gasteiger partial charge is 0.221 e. The van der Waals surface area contributed by atoms with Crippen LogP contribution < -0.4 is 11.1 Å². The SMILES string of the molecule is CC(C)N(CCC(=O)NC1CC1)Cc1ccc(N)cc1. The van der Waals surface area contributed by atoms with E-state index in [1.54, 1.807) is 0 Å². The molecule has 1 aromatic rings. The van der Waals surface area contributed by atoms with E-state index < -0.39 is 0 Å². The van der Waals surface area contributed by atoms with E-state index >= 15 is 0 Å². The van der Waals surface area contributed by atoms with Crippen molar-refractivity contribution >= 4 is 11.6 Å². The number of carbonyl (C=O) groups is 1. The first-order valence-electron chi connectivity index (χ1n) is 7.42. The summed E-state index contributed by atoms with van der Waals surface area (Å²) >= 11 is 0. The van der Waals surface area contributed by atoms with Crippen LogP contribution in [0.2, 0.25) is 0 Å². The molecular weight excluding hydrogens is 250 g/mol. The lowest BCUT2D eigenvalue weighted by molar-refractivity contribution is -0.121. The molecule has 0 atom stereocenters. The Morgan fingerprint density at radius 1 is 1.35 bits per heavy atom. The van der Waals surface area contributed by atoms with Crippen LogP contribution in [0.25, 0.3) is 0 Å². The molecule has 1 fully saturated rings. The van der Waals surface area contributed by atoms with Gasteiger partial charge in [-0.2, -0.15) is 0 Å². The van der Waals surface area contributed by atoms with E-state index in [2.05, 4.69) is 36.2 Å². The van der Waals surface area contributed by atoms with Gasteiger partial charge >= 0.3 is 0 Å². The van der Waals surface area contributed by atoms with Crippen molar-refractivity contribution in [3.05, 3.63) is 29.8 Å². The second-order valence-electron chi connectivity index (χ2n) is 5.90. The van der Waals surface area contributed by atoms with E-state index in [1.807, 2.05) is 12.1 Å². The van der Waals surface area contributed by atoms with Crippen LogP contribution in [0.4, 0.5) is 5.69 Å². The maximum absolute atomic E-state index is 11.8. The molecule has 1 aliphatic rings. The predicted octanol–water partition coefficient (Wildman–Crippen LogP) is 2.15. The molecule has 1 saturated carbocycles. The van der Waals surface area contributed by atoms with Crippen molar-refractivity contribution in [2.75, 3.05) is 12.3 Å². The van der Waals surface area contributed by atoms with Crippen molar-refractivity contribution in [1.82, 2.24) is 10.2 Å². The largest absolute Gasteiger partial charge is 0.399 e. The van der Waals surface area contributed by atoms with Crippen molar-refractivity contribution in [1.29, 1.82) is 0 Å². The lowest BCUT2D eigenvalue weighted by Gasteiger charge is -2.26. The van der Waals surface area contributed by atoms with Gasteiger partial charge in [0.15, 0.2) is 0 Å². The number of nitrogen functional groups attached to an aromatic ring is 1. The summed E-state index contributed by atoms with van der Waals surface area (Å²) in [6, 6.07) is 8.82. The van der Waals surface area contributed by atoms with Gasteiger partial charge in [-0.3, -0.25) is 9.69 Å². The Bertz CT molecular complexity index is 438. The number of anilines is 1. The van der Waals surface area contributed by atoms with E-state index in [0.717, 1.165) is 31.6 Å². The highest BCUT2D eigenvalue weighted by Gasteiger charge is 2.23. The second kappa shape index (κ2) is 6.75. The molecule has 0 radical (unpaired) electrons. The number of hydrogen-bond donors (Lipinski definition) is 2. The molecule has 1 amide bonds. The Labute approximate surface area is 121 Å². The third-order valence-corrected chi connectivity index (χ3v) is 3.66. The average molecular weight is 275 g/mol. The molecule has 0 aliphatic heterocycles. The first-order valence-corrected chi connectivity index (χ1v) is 7.42.